The van der Waals surface area contributed by atoms with Gasteiger partial charge in [-0.15, -0.1) is 0 Å². The molecule has 8 heteroatoms. The molecule has 0 radical (unpaired) electrons. The van der Waals surface area contributed by atoms with Gasteiger partial charge in [-0.25, -0.2) is 9.59 Å². The first kappa shape index (κ1) is 27.9. The lowest BCUT2D eigenvalue weighted by Crippen LogP contribution is -2.45. The maximum absolute atomic E-state index is 12.6. The fourth-order valence-electron chi connectivity index (χ4n) is 4.27. The Morgan fingerprint density at radius 1 is 0.838 bits per heavy atom. The number of ether oxygens (including phenoxy) is 2. The van der Waals surface area contributed by atoms with Gasteiger partial charge < -0.3 is 20.1 Å². The van der Waals surface area contributed by atoms with E-state index in [0.29, 0.717) is 0 Å². The Bertz CT molecular complexity index is 1120. The van der Waals surface area contributed by atoms with E-state index in [9.17, 15) is 19.2 Å². The second-order valence-corrected chi connectivity index (χ2v) is 10.5. The lowest BCUT2D eigenvalue weighted by atomic mass is 9.98. The first-order valence-electron chi connectivity index (χ1n) is 12.5. The van der Waals surface area contributed by atoms with Crippen molar-refractivity contribution < 1.29 is 28.7 Å². The first-order chi connectivity index (χ1) is 17.4. The maximum atomic E-state index is 12.6. The summed E-state index contributed by atoms with van der Waals surface area (Å²) in [4.78, 5) is 49.7. The van der Waals surface area contributed by atoms with Gasteiger partial charge in [0.25, 0.3) is 0 Å². The molecule has 198 valence electrons. The molecule has 0 saturated carbocycles. The van der Waals surface area contributed by atoms with Crippen LogP contribution in [-0.4, -0.2) is 48.0 Å². The molecule has 3 rings (SSSR count). The van der Waals surface area contributed by atoms with Crippen molar-refractivity contribution in [3.05, 3.63) is 59.7 Å². The van der Waals surface area contributed by atoms with E-state index in [1.165, 1.54) is 6.92 Å². The van der Waals surface area contributed by atoms with Crippen LogP contribution >= 0.6 is 0 Å². The van der Waals surface area contributed by atoms with Crippen LogP contribution in [0.4, 0.5) is 4.79 Å². The van der Waals surface area contributed by atoms with Crippen molar-refractivity contribution in [3.63, 3.8) is 0 Å². The Morgan fingerprint density at radius 3 is 1.92 bits per heavy atom. The van der Waals surface area contributed by atoms with E-state index in [2.05, 4.69) is 22.8 Å². The molecule has 8 nitrogen and oxygen atoms in total. The number of hydrogen-bond donors (Lipinski definition) is 2. The number of esters is 1. The molecular formula is C29H36N2O6. The third-order valence-corrected chi connectivity index (χ3v) is 6.24. The van der Waals surface area contributed by atoms with Gasteiger partial charge in [-0.1, -0.05) is 55.5 Å². The predicted molar refractivity (Wildman–Crippen MR) is 140 cm³/mol. The SMILES string of the molecule is CC(CC(=O)C(C)NC(=O)OCC1c2ccccc2-c2ccccc21)C(=O)NC(C)C(=O)OC(C)(C)C. The number of hydrogen-bond acceptors (Lipinski definition) is 6. The summed E-state index contributed by atoms with van der Waals surface area (Å²) in [6.45, 7) is 10.0. The van der Waals surface area contributed by atoms with Crippen molar-refractivity contribution in [2.75, 3.05) is 6.61 Å². The molecule has 0 saturated heterocycles. The highest BCUT2D eigenvalue weighted by molar-refractivity contribution is 5.92. The van der Waals surface area contributed by atoms with Crippen LogP contribution in [-0.2, 0) is 23.9 Å². The number of fused-ring (bicyclic) bond motifs is 3. The molecule has 0 spiro atoms. The first-order valence-corrected chi connectivity index (χ1v) is 12.5. The van der Waals surface area contributed by atoms with Crippen LogP contribution < -0.4 is 10.6 Å². The molecule has 3 atom stereocenters. The van der Waals surface area contributed by atoms with Gasteiger partial charge in [-0.05, 0) is 56.9 Å². The van der Waals surface area contributed by atoms with Crippen LogP contribution in [0.1, 0.15) is 65.0 Å². The Hall–Kier alpha value is -3.68. The summed E-state index contributed by atoms with van der Waals surface area (Å²) < 4.78 is 10.8. The number of rotatable bonds is 9. The van der Waals surface area contributed by atoms with Crippen molar-refractivity contribution in [3.8, 4) is 11.1 Å². The molecule has 0 aliphatic heterocycles. The van der Waals surface area contributed by atoms with Crippen LogP contribution in [0.15, 0.2) is 48.5 Å². The molecular weight excluding hydrogens is 472 g/mol. The zero-order valence-electron chi connectivity index (χ0n) is 22.3. The molecule has 0 aromatic heterocycles. The quantitative estimate of drug-likeness (QED) is 0.487. The summed E-state index contributed by atoms with van der Waals surface area (Å²) in [5, 5.41) is 5.14. The molecule has 0 fully saturated rings. The molecule has 1 aliphatic carbocycles. The highest BCUT2D eigenvalue weighted by Crippen LogP contribution is 2.44. The highest BCUT2D eigenvalue weighted by Gasteiger charge is 2.30. The topological polar surface area (TPSA) is 111 Å². The predicted octanol–water partition coefficient (Wildman–Crippen LogP) is 4.36. The van der Waals surface area contributed by atoms with Crippen LogP contribution in [0.25, 0.3) is 11.1 Å². The second-order valence-electron chi connectivity index (χ2n) is 10.5. The summed E-state index contributed by atoms with van der Waals surface area (Å²) in [5.41, 5.74) is 3.78. The number of carbonyl (C=O) groups excluding carboxylic acids is 4. The number of nitrogens with one attached hydrogen (secondary N) is 2. The van der Waals surface area contributed by atoms with Crippen LogP contribution in [0.5, 0.6) is 0 Å². The van der Waals surface area contributed by atoms with Crippen LogP contribution in [0.2, 0.25) is 0 Å². The summed E-state index contributed by atoms with van der Waals surface area (Å²) in [6.07, 6.45) is -0.795. The van der Waals surface area contributed by atoms with Crippen molar-refractivity contribution in [2.45, 2.75) is 71.6 Å². The standard InChI is InChI=1S/C29H36N2O6/c1-17(26(33)30-19(3)27(34)37-29(4,5)6)15-25(32)18(2)31-28(35)36-16-24-22-13-9-7-11-20(22)21-12-8-10-14-23(21)24/h7-14,17-19,24H,15-16H2,1-6H3,(H,30,33)(H,31,35). The van der Waals surface area contributed by atoms with Crippen molar-refractivity contribution in [1.29, 1.82) is 0 Å². The average Bonchev–Trinajstić information content (AvgIpc) is 3.15. The monoisotopic (exact) mass is 508 g/mol. The summed E-state index contributed by atoms with van der Waals surface area (Å²) in [7, 11) is 0. The average molecular weight is 509 g/mol. The minimum Gasteiger partial charge on any atom is -0.458 e. The molecule has 37 heavy (non-hydrogen) atoms. The van der Waals surface area contributed by atoms with Gasteiger partial charge in [0.2, 0.25) is 5.91 Å². The summed E-state index contributed by atoms with van der Waals surface area (Å²) in [6, 6.07) is 14.4. The zero-order chi connectivity index (χ0) is 27.3. The van der Waals surface area contributed by atoms with Gasteiger partial charge in [0.1, 0.15) is 18.2 Å². The van der Waals surface area contributed by atoms with E-state index in [1.54, 1.807) is 34.6 Å². The number of carbonyl (C=O) groups is 4. The fourth-order valence-corrected chi connectivity index (χ4v) is 4.27. The molecule has 2 aromatic carbocycles. The number of benzene rings is 2. The Morgan fingerprint density at radius 2 is 1.38 bits per heavy atom. The fraction of sp³-hybridized carbons (Fsp3) is 0.448. The minimum atomic E-state index is -0.847. The number of Topliss-reactive ketones (excluding diaryl/α,β-unsaturated/α-hetero) is 1. The lowest BCUT2D eigenvalue weighted by molar-refractivity contribution is -0.158. The molecule has 0 heterocycles. The van der Waals surface area contributed by atoms with Gasteiger partial charge in [-0.3, -0.25) is 9.59 Å². The van der Waals surface area contributed by atoms with Crippen molar-refractivity contribution in [1.82, 2.24) is 10.6 Å². The zero-order valence-corrected chi connectivity index (χ0v) is 22.3. The Balaban J connectivity index is 1.48. The van der Waals surface area contributed by atoms with E-state index in [0.717, 1.165) is 22.3 Å². The molecule has 0 bridgehead atoms. The normalized spacial score (nSPS) is 15.0. The van der Waals surface area contributed by atoms with Gasteiger partial charge in [0.05, 0.1) is 6.04 Å². The second kappa shape index (κ2) is 11.6. The lowest BCUT2D eigenvalue weighted by Gasteiger charge is -2.23. The minimum absolute atomic E-state index is 0.0835. The highest BCUT2D eigenvalue weighted by atomic mass is 16.6. The Kier molecular flexibility index (Phi) is 8.73. The van der Waals surface area contributed by atoms with Crippen molar-refractivity contribution >= 4 is 23.8 Å². The third-order valence-electron chi connectivity index (χ3n) is 6.24. The third kappa shape index (κ3) is 7.18. The van der Waals surface area contributed by atoms with Gasteiger partial charge in [0.15, 0.2) is 5.78 Å². The maximum Gasteiger partial charge on any atom is 0.407 e. The van der Waals surface area contributed by atoms with Crippen LogP contribution in [0, 0.1) is 5.92 Å². The smallest absolute Gasteiger partial charge is 0.407 e. The largest absolute Gasteiger partial charge is 0.458 e. The van der Waals surface area contributed by atoms with E-state index in [-0.39, 0.29) is 24.7 Å². The number of amides is 2. The van der Waals surface area contributed by atoms with E-state index in [4.69, 9.17) is 9.47 Å². The van der Waals surface area contributed by atoms with Gasteiger partial charge in [-0.2, -0.15) is 0 Å². The number of ketones is 1. The Labute approximate surface area is 218 Å². The van der Waals surface area contributed by atoms with Gasteiger partial charge >= 0.3 is 12.1 Å². The van der Waals surface area contributed by atoms with Crippen LogP contribution in [0.3, 0.4) is 0 Å². The molecule has 3 unspecified atom stereocenters. The van der Waals surface area contributed by atoms with E-state index >= 15 is 0 Å². The molecule has 2 aromatic rings. The van der Waals surface area contributed by atoms with E-state index in [1.807, 2.05) is 36.4 Å². The van der Waals surface area contributed by atoms with Crippen molar-refractivity contribution in [2.24, 2.45) is 5.92 Å². The van der Waals surface area contributed by atoms with E-state index < -0.39 is 41.6 Å². The molecule has 1 aliphatic rings. The number of alkyl carbamates (subject to hydrolysis) is 1. The summed E-state index contributed by atoms with van der Waals surface area (Å²) >= 11 is 0. The molecule has 2 amide bonds. The summed E-state index contributed by atoms with van der Waals surface area (Å²) in [5.74, 6) is -2.09. The van der Waals surface area contributed by atoms with Gasteiger partial charge in [0, 0.05) is 18.3 Å². The molecule has 2 N–H and O–H groups in total.